The standard InChI is InChI=1S/C27H21ClN2O4/c1-2-33-25(31)24-23(19-12-7-4-8-13-19)27(30(29-24)21-15-9-14-20(28)16-21)17-22(34-26(27)32)18-10-5-3-6-11-18/h3-17,23H,2H2,1H3/t23-,27-/m0/s1. The SMILES string of the molecule is CCOC(=O)C1=NN(c2cccc(Cl)c2)[C@@]2(C=C(c3ccccc3)OC2=O)[C@H]1c1ccccc1. The maximum atomic E-state index is 13.8. The van der Waals surface area contributed by atoms with Crippen molar-refractivity contribution in [3.05, 3.63) is 107 Å². The van der Waals surface area contributed by atoms with E-state index in [1.165, 1.54) is 5.01 Å². The van der Waals surface area contributed by atoms with E-state index in [0.717, 1.165) is 11.1 Å². The van der Waals surface area contributed by atoms with Crippen LogP contribution in [0.15, 0.2) is 96.1 Å². The average molecular weight is 473 g/mol. The van der Waals surface area contributed by atoms with Gasteiger partial charge in [0.15, 0.2) is 11.3 Å². The second kappa shape index (κ2) is 8.80. The fourth-order valence-electron chi connectivity index (χ4n) is 4.44. The monoisotopic (exact) mass is 472 g/mol. The minimum absolute atomic E-state index is 0.121. The largest absolute Gasteiger partial charge is 0.461 e. The molecule has 0 bridgehead atoms. The van der Waals surface area contributed by atoms with Crippen LogP contribution in [-0.4, -0.2) is 29.8 Å². The molecule has 7 heteroatoms. The highest BCUT2D eigenvalue weighted by Crippen LogP contribution is 2.50. The van der Waals surface area contributed by atoms with Gasteiger partial charge in [0, 0.05) is 10.6 Å². The molecule has 6 nitrogen and oxygen atoms in total. The van der Waals surface area contributed by atoms with Gasteiger partial charge in [0.25, 0.3) is 0 Å². The topological polar surface area (TPSA) is 68.2 Å². The van der Waals surface area contributed by atoms with Crippen LogP contribution in [0.3, 0.4) is 0 Å². The summed E-state index contributed by atoms with van der Waals surface area (Å²) in [7, 11) is 0. The molecule has 0 N–H and O–H groups in total. The average Bonchev–Trinajstić information content (AvgIpc) is 3.38. The van der Waals surface area contributed by atoms with E-state index in [2.05, 4.69) is 5.10 Å². The summed E-state index contributed by atoms with van der Waals surface area (Å²) in [5.41, 5.74) is 0.710. The molecule has 0 unspecified atom stereocenters. The van der Waals surface area contributed by atoms with Gasteiger partial charge in [-0.3, -0.25) is 0 Å². The molecule has 0 saturated carbocycles. The normalized spacial score (nSPS) is 21.3. The van der Waals surface area contributed by atoms with E-state index in [4.69, 9.17) is 21.1 Å². The van der Waals surface area contributed by atoms with Gasteiger partial charge in [0.05, 0.1) is 18.2 Å². The molecule has 2 heterocycles. The van der Waals surface area contributed by atoms with Gasteiger partial charge < -0.3 is 9.47 Å². The Hall–Kier alpha value is -3.90. The third-order valence-electron chi connectivity index (χ3n) is 5.88. The van der Waals surface area contributed by atoms with Gasteiger partial charge in [-0.25, -0.2) is 14.6 Å². The van der Waals surface area contributed by atoms with E-state index in [-0.39, 0.29) is 12.3 Å². The van der Waals surface area contributed by atoms with Gasteiger partial charge in [0.1, 0.15) is 5.76 Å². The van der Waals surface area contributed by atoms with Crippen molar-refractivity contribution in [1.82, 2.24) is 0 Å². The van der Waals surface area contributed by atoms with Gasteiger partial charge in [-0.15, -0.1) is 0 Å². The molecule has 5 rings (SSSR count). The third kappa shape index (κ3) is 3.56. The smallest absolute Gasteiger partial charge is 0.355 e. The van der Waals surface area contributed by atoms with Crippen LogP contribution in [0, 0.1) is 0 Å². The first-order valence-corrected chi connectivity index (χ1v) is 11.3. The van der Waals surface area contributed by atoms with Crippen molar-refractivity contribution >= 4 is 40.7 Å². The Morgan fingerprint density at radius 3 is 2.44 bits per heavy atom. The number of carbonyl (C=O) groups excluding carboxylic acids is 2. The van der Waals surface area contributed by atoms with Crippen LogP contribution in [0.5, 0.6) is 0 Å². The third-order valence-corrected chi connectivity index (χ3v) is 6.12. The fourth-order valence-corrected chi connectivity index (χ4v) is 4.63. The number of benzene rings is 3. The zero-order valence-corrected chi connectivity index (χ0v) is 19.1. The van der Waals surface area contributed by atoms with Crippen molar-refractivity contribution in [2.75, 3.05) is 11.6 Å². The number of ether oxygens (including phenoxy) is 2. The number of hydrazone groups is 1. The first-order valence-electron chi connectivity index (χ1n) is 10.9. The van der Waals surface area contributed by atoms with Crippen molar-refractivity contribution < 1.29 is 19.1 Å². The lowest BCUT2D eigenvalue weighted by molar-refractivity contribution is -0.139. The summed E-state index contributed by atoms with van der Waals surface area (Å²) >= 11 is 6.28. The second-order valence-electron chi connectivity index (χ2n) is 7.93. The Bertz CT molecular complexity index is 1310. The zero-order valence-electron chi connectivity index (χ0n) is 18.4. The van der Waals surface area contributed by atoms with E-state index in [1.807, 2.05) is 60.7 Å². The van der Waals surface area contributed by atoms with Gasteiger partial charge in [-0.2, -0.15) is 5.10 Å². The molecule has 2 aliphatic heterocycles. The van der Waals surface area contributed by atoms with Gasteiger partial charge in [-0.1, -0.05) is 78.3 Å². The summed E-state index contributed by atoms with van der Waals surface area (Å²) in [4.78, 5) is 26.9. The van der Waals surface area contributed by atoms with Gasteiger partial charge in [-0.05, 0) is 36.8 Å². The molecule has 170 valence electrons. The lowest BCUT2D eigenvalue weighted by atomic mass is 9.76. The van der Waals surface area contributed by atoms with E-state index in [0.29, 0.717) is 16.5 Å². The maximum absolute atomic E-state index is 13.8. The second-order valence-corrected chi connectivity index (χ2v) is 8.37. The van der Waals surface area contributed by atoms with Crippen LogP contribution < -0.4 is 5.01 Å². The molecule has 2 atom stereocenters. The van der Waals surface area contributed by atoms with Crippen molar-refractivity contribution in [3.8, 4) is 0 Å². The highest BCUT2D eigenvalue weighted by atomic mass is 35.5. The summed E-state index contributed by atoms with van der Waals surface area (Å²) in [6, 6.07) is 25.7. The van der Waals surface area contributed by atoms with Crippen LogP contribution in [-0.2, 0) is 19.1 Å². The Morgan fingerprint density at radius 2 is 1.76 bits per heavy atom. The molecule has 34 heavy (non-hydrogen) atoms. The maximum Gasteiger partial charge on any atom is 0.355 e. The molecular formula is C27H21ClN2O4. The summed E-state index contributed by atoms with van der Waals surface area (Å²) in [5, 5.41) is 6.66. The van der Waals surface area contributed by atoms with Crippen LogP contribution in [0.2, 0.25) is 5.02 Å². The Labute approximate surface area is 202 Å². The summed E-state index contributed by atoms with van der Waals surface area (Å²) in [5.74, 6) is -1.49. The molecular weight excluding hydrogens is 452 g/mol. The summed E-state index contributed by atoms with van der Waals surface area (Å²) in [6.45, 7) is 1.91. The molecule has 3 aromatic carbocycles. The van der Waals surface area contributed by atoms with Crippen LogP contribution in [0.4, 0.5) is 5.69 Å². The number of nitrogens with zero attached hydrogens (tertiary/aromatic N) is 2. The highest BCUT2D eigenvalue weighted by Gasteiger charge is 2.62. The number of halogens is 1. The van der Waals surface area contributed by atoms with Crippen LogP contribution in [0.1, 0.15) is 24.0 Å². The number of anilines is 1. The molecule has 0 radical (unpaired) electrons. The number of cyclic esters (lactones) is 1. The molecule has 1 spiro atoms. The van der Waals surface area contributed by atoms with E-state index in [9.17, 15) is 9.59 Å². The first kappa shape index (κ1) is 21.9. The van der Waals surface area contributed by atoms with Crippen molar-refractivity contribution in [2.24, 2.45) is 5.10 Å². The lowest BCUT2D eigenvalue weighted by Crippen LogP contribution is -2.51. The molecule has 2 aliphatic rings. The highest BCUT2D eigenvalue weighted by molar-refractivity contribution is 6.41. The quantitative estimate of drug-likeness (QED) is 0.477. The Balaban J connectivity index is 1.76. The van der Waals surface area contributed by atoms with Crippen LogP contribution >= 0.6 is 11.6 Å². The number of hydrogen-bond donors (Lipinski definition) is 0. The van der Waals surface area contributed by atoms with E-state index < -0.39 is 23.4 Å². The summed E-state index contributed by atoms with van der Waals surface area (Å²) in [6.07, 6.45) is 1.75. The number of carbonyl (C=O) groups is 2. The number of hydrogen-bond acceptors (Lipinski definition) is 6. The number of rotatable bonds is 5. The van der Waals surface area contributed by atoms with Crippen molar-refractivity contribution in [1.29, 1.82) is 0 Å². The minimum Gasteiger partial charge on any atom is -0.461 e. The Kier molecular flexibility index (Phi) is 5.67. The van der Waals surface area contributed by atoms with Crippen molar-refractivity contribution in [2.45, 2.75) is 18.4 Å². The molecule has 0 saturated heterocycles. The number of esters is 2. The van der Waals surface area contributed by atoms with Crippen LogP contribution in [0.25, 0.3) is 5.76 Å². The summed E-state index contributed by atoms with van der Waals surface area (Å²) < 4.78 is 11.2. The minimum atomic E-state index is -1.45. The lowest BCUT2D eigenvalue weighted by Gasteiger charge is -2.34. The Morgan fingerprint density at radius 1 is 1.06 bits per heavy atom. The van der Waals surface area contributed by atoms with Crippen molar-refractivity contribution in [3.63, 3.8) is 0 Å². The van der Waals surface area contributed by atoms with E-state index >= 15 is 0 Å². The molecule has 0 aliphatic carbocycles. The predicted molar refractivity (Wildman–Crippen MR) is 130 cm³/mol. The van der Waals surface area contributed by atoms with E-state index in [1.54, 1.807) is 37.3 Å². The fraction of sp³-hybridized carbons (Fsp3) is 0.148. The predicted octanol–water partition coefficient (Wildman–Crippen LogP) is 5.20. The molecule has 0 aromatic heterocycles. The molecule has 3 aromatic rings. The molecule has 0 amide bonds. The first-order chi connectivity index (χ1) is 16.5. The molecule has 0 fully saturated rings. The van der Waals surface area contributed by atoms with Gasteiger partial charge >= 0.3 is 11.9 Å². The van der Waals surface area contributed by atoms with Gasteiger partial charge in [0.2, 0.25) is 0 Å². The zero-order chi connectivity index (χ0) is 23.7.